The van der Waals surface area contributed by atoms with Gasteiger partial charge in [-0.05, 0) is 121 Å². The van der Waals surface area contributed by atoms with Gasteiger partial charge in [0, 0.05) is 83.1 Å². The highest BCUT2D eigenvalue weighted by atomic mass is 35.5. The smallest absolute Gasteiger partial charge is 0.307 e. The number of nitrogens with one attached hydrogen (secondary N) is 3. The molecule has 5 N–H and O–H groups in total. The van der Waals surface area contributed by atoms with E-state index in [4.69, 9.17) is 32.7 Å². The van der Waals surface area contributed by atoms with Crippen molar-refractivity contribution < 1.29 is 43.7 Å². The monoisotopic (exact) mass is 1010 g/mol. The van der Waals surface area contributed by atoms with Gasteiger partial charge in [-0.25, -0.2) is 4.98 Å². The van der Waals surface area contributed by atoms with Crippen LogP contribution in [0.5, 0.6) is 11.5 Å². The van der Waals surface area contributed by atoms with Crippen molar-refractivity contribution in [2.75, 3.05) is 40.3 Å². The van der Waals surface area contributed by atoms with E-state index in [-0.39, 0.29) is 38.4 Å². The number of likely N-dealkylation sites (tertiary alicyclic amines) is 1. The molecule has 0 aliphatic carbocycles. The highest BCUT2D eigenvalue weighted by Gasteiger charge is 2.41. The van der Waals surface area contributed by atoms with Gasteiger partial charge in [0.2, 0.25) is 29.6 Å². The molecule has 2 aromatic heterocycles. The van der Waals surface area contributed by atoms with E-state index < -0.39 is 53.4 Å². The number of imidazole rings is 1. The number of aromatic nitrogens is 3. The zero-order chi connectivity index (χ0) is 51.5. The Morgan fingerprint density at radius 2 is 1.69 bits per heavy atom. The number of halogens is 2. The molecule has 0 unspecified atom stereocenters. The van der Waals surface area contributed by atoms with Crippen molar-refractivity contribution >= 4 is 46.9 Å². The summed E-state index contributed by atoms with van der Waals surface area (Å²) in [6.45, 7) is 7.95. The van der Waals surface area contributed by atoms with Gasteiger partial charge in [0.25, 0.3) is 0 Å². The number of hydrogen-bond donors (Lipinski definition) is 5. The highest BCUT2D eigenvalue weighted by molar-refractivity contribution is 6.31. The SMILES string of the molecule is C[C@H](NCc1ccc(Cl)cc1Oc1ccc(-c2cnc(CN(C)C)n2C)cc1)C(=O)N[C@@H](CO)C(=O)NC[C@@]1(Cc2ccc(Cl)cc2)CCCN(C(=O)[C@@H](CC(=O)OC(C)(C)C)Cc2cccc[n+]2O)C1. The van der Waals surface area contributed by atoms with Crippen molar-refractivity contribution in [3.63, 3.8) is 0 Å². The number of ether oxygens (including phenoxy) is 2. The minimum Gasteiger partial charge on any atom is -0.460 e. The first kappa shape index (κ1) is 54.3. The molecule has 3 heterocycles. The molecule has 1 aliphatic rings. The van der Waals surface area contributed by atoms with E-state index >= 15 is 0 Å². The van der Waals surface area contributed by atoms with Crippen LogP contribution in [0.2, 0.25) is 10.0 Å². The van der Waals surface area contributed by atoms with E-state index in [9.17, 15) is 29.5 Å². The van der Waals surface area contributed by atoms with Crippen LogP contribution in [-0.2, 0) is 56.9 Å². The Morgan fingerprint density at radius 3 is 2.37 bits per heavy atom. The van der Waals surface area contributed by atoms with Gasteiger partial charge in [-0.3, -0.25) is 24.4 Å². The van der Waals surface area contributed by atoms with Crippen LogP contribution in [0, 0.1) is 11.3 Å². The lowest BCUT2D eigenvalue weighted by Gasteiger charge is -2.44. The molecule has 6 rings (SSSR count). The zero-order valence-electron chi connectivity index (χ0n) is 41.6. The number of esters is 1. The maximum Gasteiger partial charge on any atom is 0.307 e. The van der Waals surface area contributed by atoms with Crippen LogP contribution in [-0.4, -0.2) is 111 Å². The fraction of sp³-hybridized carbons (Fsp3) is 0.434. The summed E-state index contributed by atoms with van der Waals surface area (Å²) in [5, 5.41) is 30.9. The molecule has 71 heavy (non-hydrogen) atoms. The van der Waals surface area contributed by atoms with Crippen molar-refractivity contribution in [1.29, 1.82) is 0 Å². The molecule has 4 atom stereocenters. The number of amides is 3. The van der Waals surface area contributed by atoms with Crippen LogP contribution in [0.3, 0.4) is 0 Å². The highest BCUT2D eigenvalue weighted by Crippen LogP contribution is 2.36. The molecule has 3 aromatic carbocycles. The summed E-state index contributed by atoms with van der Waals surface area (Å²) in [7, 11) is 5.99. The van der Waals surface area contributed by atoms with Gasteiger partial charge in [-0.15, -0.1) is 0 Å². The fourth-order valence-electron chi connectivity index (χ4n) is 8.74. The third-order valence-corrected chi connectivity index (χ3v) is 12.9. The number of carbonyl (C=O) groups is 4. The number of carbonyl (C=O) groups excluding carboxylic acids is 4. The van der Waals surface area contributed by atoms with Crippen molar-refractivity contribution in [3.8, 4) is 22.8 Å². The molecular weight excluding hydrogens is 948 g/mol. The number of hydrogen-bond acceptors (Lipinski definition) is 11. The first-order valence-corrected chi connectivity index (χ1v) is 24.6. The second-order valence-electron chi connectivity index (χ2n) is 19.7. The van der Waals surface area contributed by atoms with Gasteiger partial charge in [-0.1, -0.05) is 41.4 Å². The standard InChI is InChI=1S/C53H66Cl2N8O8/c1-35(56-29-38-14-19-41(55)27-46(38)70-43-20-15-37(16-21-43)45-30-57-47(61(45)7)31-60(5)6)49(66)59-44(32-64)50(67)58-33-53(28-36-12-17-40(54)18-13-36)22-10-23-62(34-53)51(68)39(26-48(65)71-52(2,3)4)25-42-11-8-9-24-63(42)69/h8-9,11-21,24,27,30,35,39,44,56,64H,10,22-23,25-26,28-29,31-34H2,1-7H3,(H2-,58,59,66,67,69)/p+1/t35-,39+,44-,53-/m0/s1. The number of benzene rings is 3. The molecule has 16 nitrogen and oxygen atoms in total. The van der Waals surface area contributed by atoms with E-state index in [0.29, 0.717) is 59.6 Å². The van der Waals surface area contributed by atoms with Gasteiger partial charge < -0.3 is 44.9 Å². The Kier molecular flexibility index (Phi) is 18.7. The predicted molar refractivity (Wildman–Crippen MR) is 271 cm³/mol. The summed E-state index contributed by atoms with van der Waals surface area (Å²) < 4.78 is 14.9. The summed E-state index contributed by atoms with van der Waals surface area (Å²) in [6, 6.07) is 23.3. The molecule has 0 spiro atoms. The zero-order valence-corrected chi connectivity index (χ0v) is 43.1. The van der Waals surface area contributed by atoms with Crippen LogP contribution in [0.15, 0.2) is 97.3 Å². The van der Waals surface area contributed by atoms with E-state index in [2.05, 4.69) is 30.4 Å². The molecule has 3 amide bonds. The number of nitrogens with zero attached hydrogens (tertiary/aromatic N) is 5. The third kappa shape index (κ3) is 15.5. The second-order valence-corrected chi connectivity index (χ2v) is 20.6. The van der Waals surface area contributed by atoms with Crippen LogP contribution in [0.25, 0.3) is 11.3 Å². The van der Waals surface area contributed by atoms with Crippen molar-refractivity contribution in [3.05, 3.63) is 130 Å². The lowest BCUT2D eigenvalue weighted by Crippen LogP contribution is -2.57. The summed E-state index contributed by atoms with van der Waals surface area (Å²) in [4.78, 5) is 63.6. The lowest BCUT2D eigenvalue weighted by molar-refractivity contribution is -0.909. The number of aliphatic hydroxyl groups is 1. The Hall–Kier alpha value is -6.04. The number of aliphatic hydroxyl groups excluding tert-OH is 1. The molecule has 5 aromatic rings. The quantitative estimate of drug-likeness (QED) is 0.0316. The normalized spacial score (nSPS) is 16.2. The van der Waals surface area contributed by atoms with Crippen molar-refractivity contribution in [1.82, 2.24) is 35.3 Å². The maximum absolute atomic E-state index is 14.5. The molecular formula is C53H67Cl2N8O8+. The Labute approximate surface area is 426 Å². The lowest BCUT2D eigenvalue weighted by atomic mass is 9.74. The molecule has 18 heteroatoms. The number of piperidine rings is 1. The molecule has 0 radical (unpaired) electrons. The molecule has 0 saturated carbocycles. The topological polar surface area (TPSA) is 191 Å². The minimum absolute atomic E-state index is 0.0769. The number of pyridine rings is 1. The summed E-state index contributed by atoms with van der Waals surface area (Å²) in [6.07, 6.45) is 4.88. The third-order valence-electron chi connectivity index (χ3n) is 12.4. The predicted octanol–water partition coefficient (Wildman–Crippen LogP) is 6.29. The first-order valence-electron chi connectivity index (χ1n) is 23.8. The molecule has 1 fully saturated rings. The maximum atomic E-state index is 14.5. The Bertz CT molecular complexity index is 2620. The number of rotatable bonds is 21. The fourth-order valence-corrected chi connectivity index (χ4v) is 9.02. The van der Waals surface area contributed by atoms with Gasteiger partial charge in [0.15, 0.2) is 0 Å². The van der Waals surface area contributed by atoms with Crippen molar-refractivity contribution in [2.45, 2.75) is 90.6 Å². The second kappa shape index (κ2) is 24.4. The van der Waals surface area contributed by atoms with Gasteiger partial charge in [0.1, 0.15) is 29.0 Å². The molecule has 1 aliphatic heterocycles. The molecule has 380 valence electrons. The van der Waals surface area contributed by atoms with Crippen LogP contribution >= 0.6 is 23.2 Å². The molecule has 1 saturated heterocycles. The summed E-state index contributed by atoms with van der Waals surface area (Å²) >= 11 is 12.7. The molecule has 0 bridgehead atoms. The van der Waals surface area contributed by atoms with Gasteiger partial charge in [-0.2, -0.15) is 0 Å². The Balaban J connectivity index is 1.10. The first-order chi connectivity index (χ1) is 33.7. The average molecular weight is 1020 g/mol. The summed E-state index contributed by atoms with van der Waals surface area (Å²) in [5.41, 5.74) is 2.61. The van der Waals surface area contributed by atoms with Crippen molar-refractivity contribution in [2.24, 2.45) is 18.4 Å². The minimum atomic E-state index is -1.28. The van der Waals surface area contributed by atoms with E-state index in [1.54, 1.807) is 75.1 Å². The van der Waals surface area contributed by atoms with Crippen LogP contribution in [0.1, 0.15) is 69.6 Å². The summed E-state index contributed by atoms with van der Waals surface area (Å²) in [5.74, 6) is -0.750. The van der Waals surface area contributed by atoms with Gasteiger partial charge >= 0.3 is 5.97 Å². The van der Waals surface area contributed by atoms with Crippen LogP contribution in [0.4, 0.5) is 0 Å². The van der Waals surface area contributed by atoms with E-state index in [0.717, 1.165) is 32.9 Å². The van der Waals surface area contributed by atoms with Gasteiger partial charge in [0.05, 0.1) is 43.4 Å². The van der Waals surface area contributed by atoms with E-state index in [1.807, 2.05) is 69.8 Å². The van der Waals surface area contributed by atoms with Crippen LogP contribution < -0.4 is 25.4 Å². The Morgan fingerprint density at radius 1 is 0.972 bits per heavy atom. The largest absolute Gasteiger partial charge is 0.460 e. The average Bonchev–Trinajstić information content (AvgIpc) is 3.68. The van der Waals surface area contributed by atoms with E-state index in [1.165, 1.54) is 6.20 Å².